The van der Waals surface area contributed by atoms with Gasteiger partial charge in [-0.2, -0.15) is 5.26 Å². The molecule has 3 aromatic rings. The lowest BCUT2D eigenvalue weighted by atomic mass is 10.1. The molecule has 0 spiro atoms. The summed E-state index contributed by atoms with van der Waals surface area (Å²) < 4.78 is 7.04. The quantitative estimate of drug-likeness (QED) is 0.622. The third-order valence-electron chi connectivity index (χ3n) is 2.88. The average Bonchev–Trinajstić information content (AvgIpc) is 2.50. The van der Waals surface area contributed by atoms with E-state index in [9.17, 15) is 5.26 Å². The van der Waals surface area contributed by atoms with Crippen molar-refractivity contribution in [3.63, 3.8) is 0 Å². The van der Waals surface area contributed by atoms with E-state index in [1.807, 2.05) is 48.5 Å². The van der Waals surface area contributed by atoms with Gasteiger partial charge in [0.15, 0.2) is 5.75 Å². The fraction of sp³-hybridized carbons (Fsp3) is 0. The summed E-state index contributed by atoms with van der Waals surface area (Å²) in [6.45, 7) is 0. The molecule has 0 radical (unpaired) electrons. The van der Waals surface area contributed by atoms with Crippen molar-refractivity contribution in [1.82, 2.24) is 4.98 Å². The lowest BCUT2D eigenvalue weighted by Gasteiger charge is -2.10. The van der Waals surface area contributed by atoms with E-state index >= 15 is 0 Å². The molecule has 0 aliphatic rings. The van der Waals surface area contributed by atoms with Gasteiger partial charge in [0, 0.05) is 15.2 Å². The van der Waals surface area contributed by atoms with Crippen molar-refractivity contribution in [3.8, 4) is 17.6 Å². The van der Waals surface area contributed by atoms with Crippen molar-refractivity contribution in [3.05, 3.63) is 63.9 Å². The zero-order valence-corrected chi connectivity index (χ0v) is 12.5. The van der Waals surface area contributed by atoms with E-state index in [0.717, 1.165) is 14.5 Å². The van der Waals surface area contributed by atoms with Crippen LogP contribution >= 0.6 is 22.6 Å². The molecule has 2 aromatic carbocycles. The van der Waals surface area contributed by atoms with Crippen LogP contribution in [0, 0.1) is 14.9 Å². The predicted octanol–water partition coefficient (Wildman–Crippen LogP) is 4.50. The Morgan fingerprint density at radius 3 is 2.55 bits per heavy atom. The van der Waals surface area contributed by atoms with Crippen molar-refractivity contribution in [2.45, 2.75) is 0 Å². The van der Waals surface area contributed by atoms with Gasteiger partial charge in [0.1, 0.15) is 17.4 Å². The topological polar surface area (TPSA) is 45.9 Å². The summed E-state index contributed by atoms with van der Waals surface area (Å²) in [5.74, 6) is 1.26. The van der Waals surface area contributed by atoms with Crippen molar-refractivity contribution < 1.29 is 4.74 Å². The summed E-state index contributed by atoms with van der Waals surface area (Å²) in [5.41, 5.74) is 1.24. The number of aromatic nitrogens is 1. The summed E-state index contributed by atoms with van der Waals surface area (Å²) in [6, 6.07) is 17.5. The monoisotopic (exact) mass is 372 g/mol. The fourth-order valence-corrected chi connectivity index (χ4v) is 2.29. The highest BCUT2D eigenvalue weighted by atomic mass is 127. The van der Waals surface area contributed by atoms with Gasteiger partial charge in [-0.05, 0) is 59.0 Å². The molecule has 0 saturated carbocycles. The van der Waals surface area contributed by atoms with E-state index in [4.69, 9.17) is 4.74 Å². The Hall–Kier alpha value is -2.13. The van der Waals surface area contributed by atoms with Crippen LogP contribution < -0.4 is 4.74 Å². The molecule has 96 valence electrons. The molecule has 0 fully saturated rings. The van der Waals surface area contributed by atoms with Crippen LogP contribution in [0.3, 0.4) is 0 Å². The maximum absolute atomic E-state index is 9.23. The molecule has 4 heteroatoms. The molecule has 0 atom stereocenters. The summed E-state index contributed by atoms with van der Waals surface area (Å²) >= 11 is 2.24. The zero-order chi connectivity index (χ0) is 13.9. The van der Waals surface area contributed by atoms with E-state index in [-0.39, 0.29) is 0 Å². The van der Waals surface area contributed by atoms with Gasteiger partial charge < -0.3 is 4.74 Å². The second-order valence-electron chi connectivity index (χ2n) is 4.19. The number of halogens is 1. The van der Waals surface area contributed by atoms with Gasteiger partial charge in [-0.25, -0.2) is 0 Å². The summed E-state index contributed by atoms with van der Waals surface area (Å²) in [4.78, 5) is 4.26. The fourth-order valence-electron chi connectivity index (χ4n) is 1.93. The minimum absolute atomic E-state index is 0.433. The first-order chi connectivity index (χ1) is 9.78. The molecule has 3 nitrogen and oxygen atoms in total. The SMILES string of the molecule is N#Cc1cnc2ccccc2c1Oc1ccc(I)cc1. The molecule has 1 aromatic heterocycles. The Kier molecular flexibility index (Phi) is 3.52. The molecule has 0 bridgehead atoms. The minimum atomic E-state index is 0.433. The van der Waals surface area contributed by atoms with E-state index in [1.165, 1.54) is 0 Å². The van der Waals surface area contributed by atoms with Gasteiger partial charge in [-0.3, -0.25) is 4.98 Å². The highest BCUT2D eigenvalue weighted by molar-refractivity contribution is 14.1. The van der Waals surface area contributed by atoms with E-state index in [1.54, 1.807) is 6.20 Å². The molecule has 0 N–H and O–H groups in total. The molecular weight excluding hydrogens is 363 g/mol. The Bertz CT molecular complexity index is 807. The molecular formula is C16H9IN2O. The summed E-state index contributed by atoms with van der Waals surface area (Å²) in [7, 11) is 0. The van der Waals surface area contributed by atoms with Crippen LogP contribution in [0.15, 0.2) is 54.7 Å². The molecule has 1 heterocycles. The molecule has 0 amide bonds. The number of ether oxygens (including phenoxy) is 1. The number of nitriles is 1. The van der Waals surface area contributed by atoms with Crippen LogP contribution in [0.4, 0.5) is 0 Å². The van der Waals surface area contributed by atoms with Crippen molar-refractivity contribution in [2.24, 2.45) is 0 Å². The minimum Gasteiger partial charge on any atom is -0.455 e. The lowest BCUT2D eigenvalue weighted by Crippen LogP contribution is -1.92. The van der Waals surface area contributed by atoms with E-state index in [2.05, 4.69) is 33.6 Å². The number of hydrogen-bond acceptors (Lipinski definition) is 3. The third kappa shape index (κ3) is 2.45. The summed E-state index contributed by atoms with van der Waals surface area (Å²) in [5, 5.41) is 10.1. The Morgan fingerprint density at radius 1 is 1.05 bits per heavy atom. The number of fused-ring (bicyclic) bond motifs is 1. The smallest absolute Gasteiger partial charge is 0.156 e. The molecule has 0 saturated heterocycles. The molecule has 0 aliphatic carbocycles. The van der Waals surface area contributed by atoms with Gasteiger partial charge in [0.2, 0.25) is 0 Å². The molecule has 0 unspecified atom stereocenters. The van der Waals surface area contributed by atoms with E-state index in [0.29, 0.717) is 17.1 Å². The first kappa shape index (κ1) is 12.9. The van der Waals surface area contributed by atoms with Crippen LogP contribution in [0.2, 0.25) is 0 Å². The summed E-state index contributed by atoms with van der Waals surface area (Å²) in [6.07, 6.45) is 1.55. The number of para-hydroxylation sites is 1. The maximum atomic E-state index is 9.23. The van der Waals surface area contributed by atoms with Crippen LogP contribution in [-0.2, 0) is 0 Å². The van der Waals surface area contributed by atoms with Crippen LogP contribution in [0.5, 0.6) is 11.5 Å². The van der Waals surface area contributed by atoms with Gasteiger partial charge >= 0.3 is 0 Å². The average molecular weight is 372 g/mol. The largest absolute Gasteiger partial charge is 0.455 e. The molecule has 0 aliphatic heterocycles. The Labute approximate surface area is 130 Å². The van der Waals surface area contributed by atoms with Gasteiger partial charge in [-0.15, -0.1) is 0 Å². The Morgan fingerprint density at radius 2 is 1.80 bits per heavy atom. The molecule has 3 rings (SSSR count). The van der Waals surface area contributed by atoms with Crippen LogP contribution in [-0.4, -0.2) is 4.98 Å². The number of pyridine rings is 1. The van der Waals surface area contributed by atoms with Crippen LogP contribution in [0.1, 0.15) is 5.56 Å². The first-order valence-corrected chi connectivity index (χ1v) is 7.07. The highest BCUT2D eigenvalue weighted by Crippen LogP contribution is 2.32. The number of hydrogen-bond donors (Lipinski definition) is 0. The number of benzene rings is 2. The van der Waals surface area contributed by atoms with Crippen molar-refractivity contribution in [2.75, 3.05) is 0 Å². The first-order valence-electron chi connectivity index (χ1n) is 5.99. The van der Waals surface area contributed by atoms with Gasteiger partial charge in [-0.1, -0.05) is 12.1 Å². The molecule has 20 heavy (non-hydrogen) atoms. The normalized spacial score (nSPS) is 10.2. The predicted molar refractivity (Wildman–Crippen MR) is 85.7 cm³/mol. The van der Waals surface area contributed by atoms with Crippen molar-refractivity contribution >= 4 is 33.5 Å². The standard InChI is InChI=1S/C16H9IN2O/c17-12-5-7-13(8-6-12)20-16-11(9-18)10-19-15-4-2-1-3-14(15)16/h1-8,10H. The van der Waals surface area contributed by atoms with Gasteiger partial charge in [0.05, 0.1) is 5.52 Å². The van der Waals surface area contributed by atoms with Gasteiger partial charge in [0.25, 0.3) is 0 Å². The highest BCUT2D eigenvalue weighted by Gasteiger charge is 2.10. The number of rotatable bonds is 2. The second kappa shape index (κ2) is 5.47. The lowest BCUT2D eigenvalue weighted by molar-refractivity contribution is 0.486. The van der Waals surface area contributed by atoms with E-state index < -0.39 is 0 Å². The number of nitrogens with zero attached hydrogens (tertiary/aromatic N) is 2. The Balaban J connectivity index is 2.14. The maximum Gasteiger partial charge on any atom is 0.156 e. The third-order valence-corrected chi connectivity index (χ3v) is 3.60. The zero-order valence-electron chi connectivity index (χ0n) is 10.4. The van der Waals surface area contributed by atoms with Crippen molar-refractivity contribution in [1.29, 1.82) is 5.26 Å². The second-order valence-corrected chi connectivity index (χ2v) is 5.43. The van der Waals surface area contributed by atoms with Crippen LogP contribution in [0.25, 0.3) is 10.9 Å².